The van der Waals surface area contributed by atoms with E-state index in [1.165, 1.54) is 12.8 Å². The van der Waals surface area contributed by atoms with Crippen LogP contribution in [-0.4, -0.2) is 9.55 Å². The Morgan fingerprint density at radius 2 is 2.05 bits per heavy atom. The molecule has 1 aromatic heterocycles. The van der Waals surface area contributed by atoms with Crippen molar-refractivity contribution in [1.82, 2.24) is 9.55 Å². The Hall–Kier alpha value is -0.730. The first kappa shape index (κ1) is 14.7. The third-order valence-electron chi connectivity index (χ3n) is 3.32. The highest BCUT2D eigenvalue weighted by Gasteiger charge is 2.10. The number of rotatable bonds is 6. The van der Waals surface area contributed by atoms with Crippen LogP contribution in [-0.2, 0) is 12.4 Å². The molecule has 0 N–H and O–H groups in total. The summed E-state index contributed by atoms with van der Waals surface area (Å²) in [4.78, 5) is 4.55. The van der Waals surface area contributed by atoms with Crippen molar-refractivity contribution in [3.8, 4) is 0 Å². The second-order valence-electron chi connectivity index (χ2n) is 5.34. The van der Waals surface area contributed by atoms with Crippen molar-refractivity contribution in [1.29, 1.82) is 0 Å². The predicted molar refractivity (Wildman–Crippen MR) is 83.0 cm³/mol. The average molecular weight is 299 g/mol. The first-order valence-electron chi connectivity index (χ1n) is 6.82. The molecule has 0 saturated heterocycles. The van der Waals surface area contributed by atoms with Gasteiger partial charge in [0.15, 0.2) is 0 Å². The van der Waals surface area contributed by atoms with E-state index in [4.69, 9.17) is 23.2 Å². The Morgan fingerprint density at radius 1 is 1.26 bits per heavy atom. The van der Waals surface area contributed by atoms with Gasteiger partial charge in [0.1, 0.15) is 5.82 Å². The molecule has 2 aromatic rings. The zero-order valence-corrected chi connectivity index (χ0v) is 13.0. The number of unbranched alkanes of at least 4 members (excludes halogenated alkanes) is 1. The quantitative estimate of drug-likeness (QED) is 0.526. The lowest BCUT2D eigenvalue weighted by atomic mass is 10.1. The fourth-order valence-corrected chi connectivity index (χ4v) is 2.70. The number of imidazole rings is 1. The highest BCUT2D eigenvalue weighted by molar-refractivity contribution is 6.31. The summed E-state index contributed by atoms with van der Waals surface area (Å²) in [5.41, 5.74) is 2.07. The number of hydrogen-bond donors (Lipinski definition) is 0. The summed E-state index contributed by atoms with van der Waals surface area (Å²) in [5, 5.41) is 0.720. The minimum Gasteiger partial charge on any atom is -0.327 e. The fraction of sp³-hybridized carbons (Fsp3) is 0.533. The summed E-state index contributed by atoms with van der Waals surface area (Å²) in [6.45, 7) is 5.50. The van der Waals surface area contributed by atoms with Crippen molar-refractivity contribution in [2.75, 3.05) is 0 Å². The van der Waals surface area contributed by atoms with Crippen molar-refractivity contribution in [3.63, 3.8) is 0 Å². The van der Waals surface area contributed by atoms with E-state index in [-0.39, 0.29) is 0 Å². The summed E-state index contributed by atoms with van der Waals surface area (Å²) in [6.07, 6.45) is 3.68. The van der Waals surface area contributed by atoms with Crippen LogP contribution in [0.5, 0.6) is 0 Å². The molecule has 0 spiro atoms. The van der Waals surface area contributed by atoms with Gasteiger partial charge in [0.2, 0.25) is 0 Å². The lowest BCUT2D eigenvalue weighted by molar-refractivity contribution is 0.509. The fourth-order valence-electron chi connectivity index (χ4n) is 2.33. The van der Waals surface area contributed by atoms with E-state index >= 15 is 0 Å². The van der Waals surface area contributed by atoms with Crippen molar-refractivity contribution >= 4 is 34.2 Å². The maximum absolute atomic E-state index is 6.00. The number of nitrogens with zero attached hydrogens (tertiary/aromatic N) is 2. The smallest absolute Gasteiger partial charge is 0.124 e. The highest BCUT2D eigenvalue weighted by atomic mass is 35.5. The van der Waals surface area contributed by atoms with Crippen LogP contribution in [0.3, 0.4) is 0 Å². The van der Waals surface area contributed by atoms with Crippen molar-refractivity contribution < 1.29 is 0 Å². The summed E-state index contributed by atoms with van der Waals surface area (Å²) in [6, 6.07) is 5.84. The zero-order valence-electron chi connectivity index (χ0n) is 11.5. The van der Waals surface area contributed by atoms with E-state index in [1.807, 2.05) is 18.2 Å². The van der Waals surface area contributed by atoms with Crippen molar-refractivity contribution in [2.45, 2.75) is 45.5 Å². The molecular weight excluding hydrogens is 279 g/mol. The van der Waals surface area contributed by atoms with Gasteiger partial charge in [-0.15, -0.1) is 11.6 Å². The molecule has 1 heterocycles. The topological polar surface area (TPSA) is 17.8 Å². The second-order valence-corrected chi connectivity index (χ2v) is 6.04. The summed E-state index contributed by atoms with van der Waals surface area (Å²) >= 11 is 12.0. The van der Waals surface area contributed by atoms with E-state index in [2.05, 4.69) is 23.4 Å². The van der Waals surface area contributed by atoms with Gasteiger partial charge in [-0.1, -0.05) is 38.3 Å². The zero-order chi connectivity index (χ0) is 13.8. The molecule has 0 aliphatic carbocycles. The van der Waals surface area contributed by atoms with Crippen LogP contribution in [0.4, 0.5) is 0 Å². The molecule has 2 nitrogen and oxygen atoms in total. The number of aryl methyl sites for hydroxylation is 1. The maximum atomic E-state index is 6.00. The molecule has 0 saturated carbocycles. The number of alkyl halides is 1. The minimum atomic E-state index is 0.441. The molecule has 0 aliphatic rings. The predicted octanol–water partition coefficient (Wildman–Crippen LogP) is 5.25. The number of hydrogen-bond acceptors (Lipinski definition) is 1. The largest absolute Gasteiger partial charge is 0.327 e. The minimum absolute atomic E-state index is 0.441. The van der Waals surface area contributed by atoms with E-state index in [0.717, 1.165) is 40.8 Å². The van der Waals surface area contributed by atoms with E-state index < -0.39 is 0 Å². The first-order chi connectivity index (χ1) is 9.11. The van der Waals surface area contributed by atoms with Crippen LogP contribution in [0.1, 0.15) is 38.9 Å². The van der Waals surface area contributed by atoms with Gasteiger partial charge in [0.05, 0.1) is 16.9 Å². The molecule has 0 unspecified atom stereocenters. The van der Waals surface area contributed by atoms with Gasteiger partial charge in [-0.05, 0) is 30.5 Å². The Balaban J connectivity index is 2.16. The number of aromatic nitrogens is 2. The monoisotopic (exact) mass is 298 g/mol. The van der Waals surface area contributed by atoms with Gasteiger partial charge in [-0.3, -0.25) is 0 Å². The van der Waals surface area contributed by atoms with Gasteiger partial charge >= 0.3 is 0 Å². The van der Waals surface area contributed by atoms with Gasteiger partial charge in [0.25, 0.3) is 0 Å². The van der Waals surface area contributed by atoms with Crippen molar-refractivity contribution in [3.05, 3.63) is 29.0 Å². The van der Waals surface area contributed by atoms with Gasteiger partial charge in [-0.2, -0.15) is 0 Å². The number of halogens is 2. The van der Waals surface area contributed by atoms with Gasteiger partial charge in [-0.25, -0.2) is 4.98 Å². The van der Waals surface area contributed by atoms with Crippen LogP contribution in [0, 0.1) is 5.92 Å². The van der Waals surface area contributed by atoms with Crippen molar-refractivity contribution in [2.24, 2.45) is 5.92 Å². The molecule has 0 bridgehead atoms. The molecule has 0 atom stereocenters. The number of fused-ring (bicyclic) bond motifs is 1. The SMILES string of the molecule is CC(C)CCCCn1c(CCl)nc2cc(Cl)ccc21. The maximum Gasteiger partial charge on any atom is 0.124 e. The summed E-state index contributed by atoms with van der Waals surface area (Å²) in [7, 11) is 0. The molecule has 4 heteroatoms. The van der Waals surface area contributed by atoms with Crippen LogP contribution in [0.2, 0.25) is 5.02 Å². The molecule has 1 aromatic carbocycles. The second kappa shape index (κ2) is 6.62. The molecule has 104 valence electrons. The van der Waals surface area contributed by atoms with Crippen LogP contribution >= 0.6 is 23.2 Å². The third kappa shape index (κ3) is 3.64. The molecule has 19 heavy (non-hydrogen) atoms. The van der Waals surface area contributed by atoms with E-state index in [9.17, 15) is 0 Å². The Labute approximate surface area is 124 Å². The van der Waals surface area contributed by atoms with Gasteiger partial charge < -0.3 is 4.57 Å². The molecule has 2 rings (SSSR count). The standard InChI is InChI=1S/C15H20Cl2N2/c1-11(2)5-3-4-8-19-14-7-6-12(17)9-13(14)18-15(19)10-16/h6-7,9,11H,3-5,8,10H2,1-2H3. The number of benzene rings is 1. The van der Waals surface area contributed by atoms with Crippen LogP contribution in [0.15, 0.2) is 18.2 Å². The molecular formula is C15H20Cl2N2. The van der Waals surface area contributed by atoms with Crippen LogP contribution < -0.4 is 0 Å². The van der Waals surface area contributed by atoms with E-state index in [1.54, 1.807) is 0 Å². The summed E-state index contributed by atoms with van der Waals surface area (Å²) in [5.74, 6) is 2.14. The molecule has 0 radical (unpaired) electrons. The van der Waals surface area contributed by atoms with Gasteiger partial charge in [0, 0.05) is 11.6 Å². The lowest BCUT2D eigenvalue weighted by Crippen LogP contribution is -2.03. The normalized spacial score (nSPS) is 11.6. The van der Waals surface area contributed by atoms with E-state index in [0.29, 0.717) is 5.88 Å². The third-order valence-corrected chi connectivity index (χ3v) is 3.80. The average Bonchev–Trinajstić information content (AvgIpc) is 2.71. The van der Waals surface area contributed by atoms with Crippen LogP contribution in [0.25, 0.3) is 11.0 Å². The molecule has 0 amide bonds. The highest BCUT2D eigenvalue weighted by Crippen LogP contribution is 2.22. The lowest BCUT2D eigenvalue weighted by Gasteiger charge is -2.08. The Kier molecular flexibility index (Phi) is 5.12. The molecule has 0 fully saturated rings. The molecule has 0 aliphatic heterocycles. The summed E-state index contributed by atoms with van der Waals surface area (Å²) < 4.78 is 2.22. The first-order valence-corrected chi connectivity index (χ1v) is 7.73. The Morgan fingerprint density at radius 3 is 2.74 bits per heavy atom. The Bertz CT molecular complexity index is 546.